The zero-order chi connectivity index (χ0) is 14.0. The Bertz CT molecular complexity index is 379. The van der Waals surface area contributed by atoms with Gasteiger partial charge in [-0.05, 0) is 44.9 Å². The van der Waals surface area contributed by atoms with Crippen LogP contribution in [0.2, 0.25) is 0 Å². The molecule has 2 nitrogen and oxygen atoms in total. The van der Waals surface area contributed by atoms with Crippen molar-refractivity contribution in [3.63, 3.8) is 0 Å². The van der Waals surface area contributed by atoms with Gasteiger partial charge in [0.05, 0.1) is 0 Å². The van der Waals surface area contributed by atoms with Crippen LogP contribution in [-0.2, 0) is 9.53 Å². The first-order valence-electron chi connectivity index (χ1n) is 8.07. The summed E-state index contributed by atoms with van der Waals surface area (Å²) in [6, 6.07) is 0. The van der Waals surface area contributed by atoms with Crippen LogP contribution < -0.4 is 0 Å². The van der Waals surface area contributed by atoms with E-state index in [4.69, 9.17) is 4.74 Å². The fourth-order valence-electron chi connectivity index (χ4n) is 2.73. The molecule has 2 heteroatoms. The minimum Gasteiger partial charge on any atom is -0.461 e. The fourth-order valence-corrected chi connectivity index (χ4v) is 2.73. The van der Waals surface area contributed by atoms with Gasteiger partial charge >= 0.3 is 5.97 Å². The van der Waals surface area contributed by atoms with Crippen molar-refractivity contribution in [1.29, 1.82) is 0 Å². The molecule has 0 radical (unpaired) electrons. The molecule has 2 atom stereocenters. The lowest BCUT2D eigenvalue weighted by molar-refractivity contribution is -0.179. The molecule has 0 N–H and O–H groups in total. The van der Waals surface area contributed by atoms with Crippen molar-refractivity contribution in [3.8, 4) is 0 Å². The smallest absolute Gasteiger partial charge is 0.316 e. The van der Waals surface area contributed by atoms with Crippen molar-refractivity contribution in [2.75, 3.05) is 0 Å². The summed E-state index contributed by atoms with van der Waals surface area (Å²) in [4.78, 5) is 11.5. The number of carbonyl (C=O) groups excluding carboxylic acids is 1. The van der Waals surface area contributed by atoms with Crippen LogP contribution >= 0.6 is 0 Å². The molecule has 1 saturated heterocycles. The highest BCUT2D eigenvalue weighted by Crippen LogP contribution is 2.28. The first-order chi connectivity index (χ1) is 9.88. The van der Waals surface area contributed by atoms with Crippen molar-refractivity contribution in [3.05, 3.63) is 36.5 Å². The highest BCUT2D eigenvalue weighted by molar-refractivity contribution is 5.80. The molecule has 0 aromatic rings. The first-order valence-corrected chi connectivity index (χ1v) is 8.07. The molecule has 0 aromatic heterocycles. The Hall–Kier alpha value is -1.31. The van der Waals surface area contributed by atoms with E-state index >= 15 is 0 Å². The van der Waals surface area contributed by atoms with Crippen LogP contribution in [0.4, 0.5) is 0 Å². The van der Waals surface area contributed by atoms with E-state index in [0.717, 1.165) is 25.7 Å². The molecule has 0 bridgehead atoms. The predicted molar refractivity (Wildman–Crippen MR) is 82.3 cm³/mol. The number of hydrogen-bond donors (Lipinski definition) is 0. The summed E-state index contributed by atoms with van der Waals surface area (Å²) in [5.41, 5.74) is 0. The third-order valence-corrected chi connectivity index (χ3v) is 4.02. The average molecular weight is 274 g/mol. The van der Waals surface area contributed by atoms with E-state index < -0.39 is 0 Å². The molecule has 0 aromatic carbocycles. The molecule has 2 rings (SSSR count). The Kier molecular flexibility index (Phi) is 6.62. The Balaban J connectivity index is 1.82. The largest absolute Gasteiger partial charge is 0.461 e. The van der Waals surface area contributed by atoms with Crippen molar-refractivity contribution >= 4 is 5.97 Å². The molecule has 1 fully saturated rings. The summed E-state index contributed by atoms with van der Waals surface area (Å²) in [6.07, 6.45) is 23.7. The molecule has 2 aliphatic rings. The maximum Gasteiger partial charge on any atom is 0.316 e. The van der Waals surface area contributed by atoms with Crippen molar-refractivity contribution < 1.29 is 9.53 Å². The van der Waals surface area contributed by atoms with Gasteiger partial charge in [-0.3, -0.25) is 4.79 Å². The van der Waals surface area contributed by atoms with Crippen LogP contribution in [0, 0.1) is 5.92 Å². The lowest BCUT2D eigenvalue weighted by Crippen LogP contribution is -2.43. The molecule has 0 spiro atoms. The van der Waals surface area contributed by atoms with Crippen LogP contribution in [0.5, 0.6) is 0 Å². The van der Waals surface area contributed by atoms with E-state index in [-0.39, 0.29) is 18.0 Å². The second-order valence-corrected chi connectivity index (χ2v) is 5.71. The zero-order valence-corrected chi connectivity index (χ0v) is 12.3. The fraction of sp³-hybridized carbons (Fsp3) is 0.611. The number of allylic oxidation sites excluding steroid dienone is 5. The summed E-state index contributed by atoms with van der Waals surface area (Å²) in [7, 11) is 0. The van der Waals surface area contributed by atoms with Gasteiger partial charge in [-0.15, -0.1) is 0 Å². The SMILES string of the molecule is O=C1OC2CCC/C=C/C=C/CCCCCC/C=C/C12. The Labute approximate surface area is 122 Å². The Morgan fingerprint density at radius 2 is 1.50 bits per heavy atom. The maximum atomic E-state index is 11.5. The van der Waals surface area contributed by atoms with E-state index in [1.54, 1.807) is 0 Å². The molecule has 20 heavy (non-hydrogen) atoms. The van der Waals surface area contributed by atoms with E-state index in [9.17, 15) is 4.79 Å². The highest BCUT2D eigenvalue weighted by Gasteiger charge is 2.39. The number of fused-ring (bicyclic) bond motifs is 1. The molecule has 2 unspecified atom stereocenters. The summed E-state index contributed by atoms with van der Waals surface area (Å²) in [6.45, 7) is 0. The normalized spacial score (nSPS) is 33.9. The number of esters is 1. The Morgan fingerprint density at radius 3 is 2.20 bits per heavy atom. The van der Waals surface area contributed by atoms with Gasteiger partial charge in [0.25, 0.3) is 0 Å². The number of hydrogen-bond acceptors (Lipinski definition) is 2. The van der Waals surface area contributed by atoms with E-state index in [0.29, 0.717) is 0 Å². The molecule has 1 aliphatic heterocycles. The Morgan fingerprint density at radius 1 is 0.850 bits per heavy atom. The molecule has 1 aliphatic carbocycles. The maximum absolute atomic E-state index is 11.5. The van der Waals surface area contributed by atoms with Crippen LogP contribution in [0.15, 0.2) is 36.5 Å². The van der Waals surface area contributed by atoms with Gasteiger partial charge < -0.3 is 4.74 Å². The monoisotopic (exact) mass is 274 g/mol. The standard InChI is InChI=1S/C18H26O2/c19-18-16-14-12-10-8-6-4-2-1-3-5-7-9-11-13-15-17(16)20-18/h3,5,7,9,12,14,16-17H,1-2,4,6,8,10-11,13,15H2/b5-3+,9-7+,14-12+. The molecular formula is C18H26O2. The molecular weight excluding hydrogens is 248 g/mol. The van der Waals surface area contributed by atoms with Gasteiger partial charge in [0, 0.05) is 0 Å². The van der Waals surface area contributed by atoms with Gasteiger partial charge in [-0.1, -0.05) is 49.3 Å². The van der Waals surface area contributed by atoms with E-state index in [2.05, 4.69) is 36.5 Å². The first kappa shape index (κ1) is 15.1. The van der Waals surface area contributed by atoms with E-state index in [1.807, 2.05) is 0 Å². The van der Waals surface area contributed by atoms with Gasteiger partial charge in [-0.25, -0.2) is 0 Å². The lowest BCUT2D eigenvalue weighted by Gasteiger charge is -2.33. The third kappa shape index (κ3) is 4.99. The molecule has 0 amide bonds. The minimum atomic E-state index is -0.0392. The van der Waals surface area contributed by atoms with Gasteiger partial charge in [0.15, 0.2) is 0 Å². The molecule has 0 saturated carbocycles. The summed E-state index contributed by atoms with van der Waals surface area (Å²) < 4.78 is 5.24. The van der Waals surface area contributed by atoms with Crippen molar-refractivity contribution in [2.45, 2.75) is 63.9 Å². The minimum absolute atomic E-state index is 0.0227. The third-order valence-electron chi connectivity index (χ3n) is 4.02. The van der Waals surface area contributed by atoms with Crippen molar-refractivity contribution in [2.24, 2.45) is 5.92 Å². The van der Waals surface area contributed by atoms with Gasteiger partial charge in [0.1, 0.15) is 12.0 Å². The van der Waals surface area contributed by atoms with E-state index in [1.165, 1.54) is 32.1 Å². The van der Waals surface area contributed by atoms with Gasteiger partial charge in [-0.2, -0.15) is 0 Å². The van der Waals surface area contributed by atoms with Crippen LogP contribution in [0.25, 0.3) is 0 Å². The van der Waals surface area contributed by atoms with Crippen LogP contribution in [-0.4, -0.2) is 12.1 Å². The van der Waals surface area contributed by atoms with Gasteiger partial charge in [0.2, 0.25) is 0 Å². The summed E-state index contributed by atoms with van der Waals surface area (Å²) in [5.74, 6) is -0.0165. The second-order valence-electron chi connectivity index (χ2n) is 5.71. The lowest BCUT2D eigenvalue weighted by atomic mass is 9.91. The number of ether oxygens (including phenoxy) is 1. The number of rotatable bonds is 0. The highest BCUT2D eigenvalue weighted by atomic mass is 16.6. The predicted octanol–water partition coefficient (Wildman–Crippen LogP) is 4.72. The van der Waals surface area contributed by atoms with Crippen LogP contribution in [0.1, 0.15) is 57.8 Å². The summed E-state index contributed by atoms with van der Waals surface area (Å²) >= 11 is 0. The topological polar surface area (TPSA) is 26.3 Å². The second kappa shape index (κ2) is 8.78. The zero-order valence-electron chi connectivity index (χ0n) is 12.3. The quantitative estimate of drug-likeness (QED) is 0.472. The van der Waals surface area contributed by atoms with Crippen molar-refractivity contribution in [1.82, 2.24) is 0 Å². The molecule has 110 valence electrons. The summed E-state index contributed by atoms with van der Waals surface area (Å²) in [5, 5.41) is 0. The number of carbonyl (C=O) groups is 1. The molecule has 1 heterocycles. The average Bonchev–Trinajstić information content (AvgIpc) is 2.44. The van der Waals surface area contributed by atoms with Crippen LogP contribution in [0.3, 0.4) is 0 Å².